The van der Waals surface area contributed by atoms with Crippen LogP contribution in [0.5, 0.6) is 5.75 Å². The summed E-state index contributed by atoms with van der Waals surface area (Å²) >= 11 is 0. The molecule has 0 aromatic carbocycles. The van der Waals surface area contributed by atoms with Crippen LogP contribution < -0.4 is 4.74 Å². The van der Waals surface area contributed by atoms with Crippen molar-refractivity contribution in [3.8, 4) is 5.75 Å². The van der Waals surface area contributed by atoms with Gasteiger partial charge in [0, 0.05) is 12.4 Å². The molecule has 0 amide bonds. The molecule has 0 unspecified atom stereocenters. The molecule has 3 heteroatoms. The van der Waals surface area contributed by atoms with Gasteiger partial charge in [0.2, 0.25) is 0 Å². The van der Waals surface area contributed by atoms with Crippen molar-refractivity contribution in [2.24, 2.45) is 0 Å². The number of imidazole rings is 1. The molecule has 1 aliphatic carbocycles. The van der Waals surface area contributed by atoms with Crippen LogP contribution in [0.3, 0.4) is 0 Å². The van der Waals surface area contributed by atoms with Crippen LogP contribution in [-0.4, -0.2) is 15.5 Å². The summed E-state index contributed by atoms with van der Waals surface area (Å²) in [6.07, 6.45) is 9.85. The molecule has 1 fully saturated rings. The minimum absolute atomic E-state index is 0.441. The summed E-state index contributed by atoms with van der Waals surface area (Å²) in [5.74, 6) is 0.945. The normalized spacial score (nSPS) is 16.9. The summed E-state index contributed by atoms with van der Waals surface area (Å²) in [5, 5.41) is 0. The fourth-order valence-corrected chi connectivity index (χ4v) is 1.65. The Morgan fingerprint density at radius 1 is 1.36 bits per heavy atom. The number of ether oxygens (including phenoxy) is 1. The lowest BCUT2D eigenvalue weighted by molar-refractivity contribution is 0.120. The van der Waals surface area contributed by atoms with E-state index in [9.17, 15) is 0 Å². The smallest absolute Gasteiger partial charge is 0.136 e. The fourth-order valence-electron chi connectivity index (χ4n) is 1.65. The fraction of sp³-hybridized carbons (Fsp3) is 0.364. The predicted molar refractivity (Wildman–Crippen MR) is 53.5 cm³/mol. The van der Waals surface area contributed by atoms with E-state index in [0.717, 1.165) is 11.4 Å². The van der Waals surface area contributed by atoms with Crippen LogP contribution in [0.2, 0.25) is 0 Å². The number of pyridine rings is 1. The highest BCUT2D eigenvalue weighted by molar-refractivity contribution is 5.41. The van der Waals surface area contributed by atoms with Crippen LogP contribution in [0.1, 0.15) is 19.3 Å². The molecule has 72 valence electrons. The second-order valence-corrected chi connectivity index (χ2v) is 3.73. The first-order valence-electron chi connectivity index (χ1n) is 5.01. The molecule has 2 aromatic heterocycles. The lowest BCUT2D eigenvalue weighted by atomic mass is 9.96. The van der Waals surface area contributed by atoms with E-state index in [4.69, 9.17) is 4.74 Å². The maximum atomic E-state index is 5.78. The summed E-state index contributed by atoms with van der Waals surface area (Å²) in [7, 11) is 0. The Morgan fingerprint density at radius 3 is 3.07 bits per heavy atom. The van der Waals surface area contributed by atoms with Gasteiger partial charge >= 0.3 is 0 Å². The average Bonchev–Trinajstić information content (AvgIpc) is 2.58. The van der Waals surface area contributed by atoms with E-state index in [-0.39, 0.29) is 0 Å². The standard InChI is InChI=1S/C11H12N2O/c1-2-9(3-1)14-10-4-5-11-12-6-7-13(11)8-10/h4-9H,1-3H2. The molecular weight excluding hydrogens is 176 g/mol. The molecule has 2 heterocycles. The second-order valence-electron chi connectivity index (χ2n) is 3.73. The molecule has 0 saturated heterocycles. The van der Waals surface area contributed by atoms with Crippen LogP contribution in [0.15, 0.2) is 30.7 Å². The molecule has 1 saturated carbocycles. The summed E-state index contributed by atoms with van der Waals surface area (Å²) in [5.41, 5.74) is 0.964. The SMILES string of the molecule is c1cn2cc(OC3CCC3)ccc2n1. The van der Waals surface area contributed by atoms with Gasteiger partial charge in [-0.3, -0.25) is 0 Å². The van der Waals surface area contributed by atoms with Crippen molar-refractivity contribution in [1.29, 1.82) is 0 Å². The van der Waals surface area contributed by atoms with Gasteiger partial charge in [0.05, 0.1) is 12.3 Å². The number of hydrogen-bond acceptors (Lipinski definition) is 2. The molecule has 0 N–H and O–H groups in total. The quantitative estimate of drug-likeness (QED) is 0.722. The van der Waals surface area contributed by atoms with Crippen molar-refractivity contribution in [3.63, 3.8) is 0 Å². The van der Waals surface area contributed by atoms with Crippen LogP contribution in [0.4, 0.5) is 0 Å². The zero-order chi connectivity index (χ0) is 9.38. The largest absolute Gasteiger partial charge is 0.489 e. The zero-order valence-electron chi connectivity index (χ0n) is 7.89. The van der Waals surface area contributed by atoms with Gasteiger partial charge in [-0.15, -0.1) is 0 Å². The Morgan fingerprint density at radius 2 is 2.29 bits per heavy atom. The summed E-state index contributed by atoms with van der Waals surface area (Å²) in [4.78, 5) is 4.18. The van der Waals surface area contributed by atoms with E-state index in [1.165, 1.54) is 19.3 Å². The van der Waals surface area contributed by atoms with Gasteiger partial charge in [-0.1, -0.05) is 0 Å². The van der Waals surface area contributed by atoms with Gasteiger partial charge in [0.15, 0.2) is 0 Å². The average molecular weight is 188 g/mol. The highest BCUT2D eigenvalue weighted by atomic mass is 16.5. The minimum Gasteiger partial charge on any atom is -0.489 e. The van der Waals surface area contributed by atoms with E-state index >= 15 is 0 Å². The Kier molecular flexibility index (Phi) is 1.69. The van der Waals surface area contributed by atoms with Crippen LogP contribution >= 0.6 is 0 Å². The molecule has 0 aliphatic heterocycles. The third-order valence-electron chi connectivity index (χ3n) is 2.72. The van der Waals surface area contributed by atoms with E-state index in [1.807, 2.05) is 28.9 Å². The Balaban J connectivity index is 1.88. The minimum atomic E-state index is 0.441. The molecule has 0 atom stereocenters. The molecule has 0 bridgehead atoms. The predicted octanol–water partition coefficient (Wildman–Crippen LogP) is 2.27. The van der Waals surface area contributed by atoms with Crippen molar-refractivity contribution in [1.82, 2.24) is 9.38 Å². The molecule has 3 rings (SSSR count). The lowest BCUT2D eigenvalue weighted by Gasteiger charge is -2.26. The molecule has 0 radical (unpaired) electrons. The first-order valence-corrected chi connectivity index (χ1v) is 5.01. The van der Waals surface area contributed by atoms with Crippen molar-refractivity contribution >= 4 is 5.65 Å². The van der Waals surface area contributed by atoms with Gasteiger partial charge in [-0.25, -0.2) is 4.98 Å². The van der Waals surface area contributed by atoms with E-state index in [2.05, 4.69) is 4.98 Å². The van der Waals surface area contributed by atoms with Crippen LogP contribution in [0, 0.1) is 0 Å². The van der Waals surface area contributed by atoms with Crippen molar-refractivity contribution in [3.05, 3.63) is 30.7 Å². The van der Waals surface area contributed by atoms with Gasteiger partial charge < -0.3 is 9.14 Å². The Bertz CT molecular complexity index is 445. The number of hydrogen-bond donors (Lipinski definition) is 0. The highest BCUT2D eigenvalue weighted by Gasteiger charge is 2.18. The number of rotatable bonds is 2. The number of aromatic nitrogens is 2. The number of nitrogens with zero attached hydrogens (tertiary/aromatic N) is 2. The van der Waals surface area contributed by atoms with E-state index in [1.54, 1.807) is 6.20 Å². The van der Waals surface area contributed by atoms with Gasteiger partial charge in [-0.2, -0.15) is 0 Å². The lowest BCUT2D eigenvalue weighted by Crippen LogP contribution is -2.24. The molecule has 3 nitrogen and oxygen atoms in total. The molecule has 1 aliphatic rings. The number of fused-ring (bicyclic) bond motifs is 1. The maximum Gasteiger partial charge on any atom is 0.136 e. The highest BCUT2D eigenvalue weighted by Crippen LogP contribution is 2.25. The van der Waals surface area contributed by atoms with Crippen LogP contribution in [-0.2, 0) is 0 Å². The second kappa shape index (κ2) is 3.01. The molecule has 2 aromatic rings. The van der Waals surface area contributed by atoms with E-state index < -0.39 is 0 Å². The van der Waals surface area contributed by atoms with Crippen molar-refractivity contribution in [2.45, 2.75) is 25.4 Å². The first kappa shape index (κ1) is 7.85. The van der Waals surface area contributed by atoms with Crippen molar-refractivity contribution < 1.29 is 4.74 Å². The van der Waals surface area contributed by atoms with E-state index in [0.29, 0.717) is 6.10 Å². The molecule has 0 spiro atoms. The van der Waals surface area contributed by atoms with Crippen LogP contribution in [0.25, 0.3) is 5.65 Å². The topological polar surface area (TPSA) is 26.5 Å². The Hall–Kier alpha value is -1.51. The monoisotopic (exact) mass is 188 g/mol. The molecule has 14 heavy (non-hydrogen) atoms. The molecular formula is C11H12N2O. The zero-order valence-corrected chi connectivity index (χ0v) is 7.89. The summed E-state index contributed by atoms with van der Waals surface area (Å²) < 4.78 is 7.76. The van der Waals surface area contributed by atoms with Crippen molar-refractivity contribution in [2.75, 3.05) is 0 Å². The summed E-state index contributed by atoms with van der Waals surface area (Å²) in [6.45, 7) is 0. The maximum absolute atomic E-state index is 5.78. The summed E-state index contributed by atoms with van der Waals surface area (Å²) in [6, 6.07) is 3.97. The van der Waals surface area contributed by atoms with Gasteiger partial charge in [0.1, 0.15) is 11.4 Å². The third kappa shape index (κ3) is 1.25. The van der Waals surface area contributed by atoms with Gasteiger partial charge in [0.25, 0.3) is 0 Å². The third-order valence-corrected chi connectivity index (χ3v) is 2.72. The Labute approximate surface area is 82.3 Å². The first-order chi connectivity index (χ1) is 6.92. The van der Waals surface area contributed by atoms with Gasteiger partial charge in [-0.05, 0) is 31.4 Å².